The molecule has 1 atom stereocenters. The molecule has 5 N–H and O–H groups in total. The minimum atomic E-state index is -3.93. The van der Waals surface area contributed by atoms with E-state index in [1.807, 2.05) is 18.8 Å². The van der Waals surface area contributed by atoms with Crippen LogP contribution in [0.5, 0.6) is 0 Å². The Balaban J connectivity index is 2.48. The second kappa shape index (κ2) is 6.46. The van der Waals surface area contributed by atoms with Crippen molar-refractivity contribution >= 4 is 21.1 Å². The minimum Gasteiger partial charge on any atom is -0.329 e. The lowest BCUT2D eigenvalue weighted by atomic mass is 9.92. The molecule has 0 fully saturated rings. The highest BCUT2D eigenvalue weighted by Crippen LogP contribution is 2.20. The minimum absolute atomic E-state index is 0.0178. The third-order valence-electron chi connectivity index (χ3n) is 3.57. The normalized spacial score (nSPS) is 14.9. The Morgan fingerprint density at radius 2 is 2.00 bits per heavy atom. The number of nitrogens with two attached hydrogens (primary N) is 1. The second-order valence-corrected chi connectivity index (χ2v) is 8.13. The monoisotopic (exact) mass is 355 g/mol. The zero-order valence-corrected chi connectivity index (χ0v) is 14.5. The van der Waals surface area contributed by atoms with Gasteiger partial charge in [0.25, 0.3) is 5.56 Å². The van der Waals surface area contributed by atoms with Crippen molar-refractivity contribution in [2.24, 2.45) is 11.7 Å². The van der Waals surface area contributed by atoms with Gasteiger partial charge in [0, 0.05) is 18.3 Å². The second-order valence-electron chi connectivity index (χ2n) is 6.44. The largest absolute Gasteiger partial charge is 0.329 e. The van der Waals surface area contributed by atoms with Crippen molar-refractivity contribution in [3.05, 3.63) is 33.1 Å². The first-order valence-corrected chi connectivity index (χ1v) is 8.91. The molecule has 132 valence electrons. The highest BCUT2D eigenvalue weighted by Gasteiger charge is 2.30. The molecule has 0 amide bonds. The summed E-state index contributed by atoms with van der Waals surface area (Å²) in [5.41, 5.74) is 3.52. The number of aromatic nitrogens is 3. The van der Waals surface area contributed by atoms with E-state index in [0.717, 1.165) is 6.20 Å². The number of nitrogens with one attached hydrogen (secondary N) is 3. The zero-order chi connectivity index (χ0) is 18.1. The van der Waals surface area contributed by atoms with Gasteiger partial charge in [-0.05, 0) is 25.3 Å². The van der Waals surface area contributed by atoms with E-state index >= 15 is 0 Å². The molecule has 2 aromatic heterocycles. The Morgan fingerprint density at radius 3 is 2.58 bits per heavy atom. The number of sulfonamides is 1. The molecule has 24 heavy (non-hydrogen) atoms. The molecular weight excluding hydrogens is 334 g/mol. The fraction of sp³-hybridized carbons (Fsp3) is 0.500. The van der Waals surface area contributed by atoms with Crippen LogP contribution in [0.2, 0.25) is 0 Å². The summed E-state index contributed by atoms with van der Waals surface area (Å²) in [6.45, 7) is 5.79. The quantitative estimate of drug-likeness (QED) is 0.556. The van der Waals surface area contributed by atoms with E-state index in [1.165, 1.54) is 6.07 Å². The molecule has 2 rings (SSSR count). The Morgan fingerprint density at radius 1 is 1.33 bits per heavy atom. The number of aromatic amines is 2. The van der Waals surface area contributed by atoms with Crippen LogP contribution >= 0.6 is 0 Å². The van der Waals surface area contributed by atoms with Crippen molar-refractivity contribution in [3.63, 3.8) is 0 Å². The van der Waals surface area contributed by atoms with Crippen molar-refractivity contribution < 1.29 is 8.42 Å². The van der Waals surface area contributed by atoms with E-state index < -0.39 is 26.8 Å². The van der Waals surface area contributed by atoms with E-state index in [0.29, 0.717) is 6.42 Å². The van der Waals surface area contributed by atoms with Crippen molar-refractivity contribution in [1.82, 2.24) is 19.7 Å². The van der Waals surface area contributed by atoms with Crippen LogP contribution in [0.3, 0.4) is 0 Å². The lowest BCUT2D eigenvalue weighted by molar-refractivity contribution is 0.344. The summed E-state index contributed by atoms with van der Waals surface area (Å²) in [6, 6.07) is 1.17. The van der Waals surface area contributed by atoms with E-state index in [4.69, 9.17) is 5.73 Å². The highest BCUT2D eigenvalue weighted by molar-refractivity contribution is 7.89. The Labute approximate surface area is 138 Å². The van der Waals surface area contributed by atoms with Gasteiger partial charge in [0.15, 0.2) is 0 Å². The zero-order valence-electron chi connectivity index (χ0n) is 13.7. The van der Waals surface area contributed by atoms with Gasteiger partial charge < -0.3 is 5.73 Å². The molecule has 0 saturated heterocycles. The van der Waals surface area contributed by atoms with Crippen LogP contribution in [0, 0.1) is 5.92 Å². The number of rotatable bonds is 6. The fourth-order valence-electron chi connectivity index (χ4n) is 2.63. The predicted molar refractivity (Wildman–Crippen MR) is 90.2 cm³/mol. The summed E-state index contributed by atoms with van der Waals surface area (Å²) in [5, 5.41) is -0.0178. The number of hydrogen-bond donors (Lipinski definition) is 4. The number of hydrogen-bond acceptors (Lipinski definition) is 6. The molecule has 0 bridgehead atoms. The third kappa shape index (κ3) is 3.89. The topological polar surface area (TPSA) is 151 Å². The van der Waals surface area contributed by atoms with Crippen LogP contribution < -0.4 is 21.7 Å². The summed E-state index contributed by atoms with van der Waals surface area (Å²) in [5.74, 6) is 0.240. The maximum Gasteiger partial charge on any atom is 0.327 e. The van der Waals surface area contributed by atoms with Crippen LogP contribution in [0.4, 0.5) is 0 Å². The van der Waals surface area contributed by atoms with Gasteiger partial charge in [-0.15, -0.1) is 0 Å². The molecular formula is C14H21N5O4S. The fourth-order valence-corrected chi connectivity index (χ4v) is 4.02. The molecule has 9 nitrogen and oxygen atoms in total. The first-order valence-electron chi connectivity index (χ1n) is 7.43. The van der Waals surface area contributed by atoms with Crippen molar-refractivity contribution in [1.29, 1.82) is 0 Å². The Bertz CT molecular complexity index is 963. The average molecular weight is 355 g/mol. The molecule has 0 aliphatic carbocycles. The molecule has 0 aromatic carbocycles. The molecule has 0 spiro atoms. The Kier molecular flexibility index (Phi) is 4.92. The third-order valence-corrected chi connectivity index (χ3v) is 5.17. The van der Waals surface area contributed by atoms with Crippen molar-refractivity contribution in [2.75, 3.05) is 6.54 Å². The number of fused-ring (bicyclic) bond motifs is 1. The smallest absolute Gasteiger partial charge is 0.327 e. The van der Waals surface area contributed by atoms with Gasteiger partial charge in [-0.1, -0.05) is 13.8 Å². The summed E-state index contributed by atoms with van der Waals surface area (Å²) in [7, 11) is -3.93. The van der Waals surface area contributed by atoms with Gasteiger partial charge in [-0.3, -0.25) is 14.8 Å². The molecule has 2 aromatic rings. The van der Waals surface area contributed by atoms with Crippen LogP contribution in [-0.4, -0.2) is 35.5 Å². The van der Waals surface area contributed by atoms with E-state index in [2.05, 4.69) is 14.7 Å². The van der Waals surface area contributed by atoms with Gasteiger partial charge in [0.1, 0.15) is 10.5 Å². The maximum atomic E-state index is 12.6. The van der Waals surface area contributed by atoms with Crippen LogP contribution in [-0.2, 0) is 10.0 Å². The SMILES string of the molecule is CC(C)CC(C)(CN)NS(=O)(=O)c1cnc2[nH]c(=O)[nH]c(=O)c2c1. The van der Waals surface area contributed by atoms with E-state index in [1.54, 1.807) is 6.92 Å². The lowest BCUT2D eigenvalue weighted by Crippen LogP contribution is -2.52. The Hall–Kier alpha value is -2.04. The van der Waals surface area contributed by atoms with Crippen LogP contribution in [0.1, 0.15) is 27.2 Å². The van der Waals surface area contributed by atoms with Gasteiger partial charge in [-0.2, -0.15) is 0 Å². The molecule has 0 radical (unpaired) electrons. The highest BCUT2D eigenvalue weighted by atomic mass is 32.2. The molecule has 2 heterocycles. The van der Waals surface area contributed by atoms with Gasteiger partial charge in [0.05, 0.1) is 5.39 Å². The van der Waals surface area contributed by atoms with Crippen LogP contribution in [0.25, 0.3) is 11.0 Å². The van der Waals surface area contributed by atoms with Crippen molar-refractivity contribution in [2.45, 2.75) is 37.6 Å². The molecule has 0 saturated carbocycles. The lowest BCUT2D eigenvalue weighted by Gasteiger charge is -2.30. The molecule has 1 unspecified atom stereocenters. The van der Waals surface area contributed by atoms with Gasteiger partial charge in [-0.25, -0.2) is 22.9 Å². The first kappa shape index (κ1) is 18.3. The molecule has 0 aliphatic rings. The summed E-state index contributed by atoms with van der Waals surface area (Å²) in [6.07, 6.45) is 1.64. The van der Waals surface area contributed by atoms with Crippen LogP contribution in [0.15, 0.2) is 26.7 Å². The molecule has 0 aliphatic heterocycles. The van der Waals surface area contributed by atoms with Crippen molar-refractivity contribution in [3.8, 4) is 0 Å². The summed E-state index contributed by atoms with van der Waals surface area (Å²) >= 11 is 0. The summed E-state index contributed by atoms with van der Waals surface area (Å²) in [4.78, 5) is 31.1. The maximum absolute atomic E-state index is 12.6. The number of nitrogens with zero attached hydrogens (tertiary/aromatic N) is 1. The standard InChI is InChI=1S/C14H21N5O4S/c1-8(2)5-14(3,7-15)19-24(22,23)9-4-10-11(16-6-9)17-13(21)18-12(10)20/h4,6,8,19H,5,7,15H2,1-3H3,(H2,16,17,18,20,21). The number of pyridine rings is 1. The summed E-state index contributed by atoms with van der Waals surface area (Å²) < 4.78 is 27.8. The van der Waals surface area contributed by atoms with Gasteiger partial charge >= 0.3 is 5.69 Å². The average Bonchev–Trinajstić information content (AvgIpc) is 2.45. The predicted octanol–water partition coefficient (Wildman–Crippen LogP) is -0.347. The van der Waals surface area contributed by atoms with Gasteiger partial charge in [0.2, 0.25) is 10.0 Å². The van der Waals surface area contributed by atoms with E-state index in [-0.39, 0.29) is 28.4 Å². The van der Waals surface area contributed by atoms with E-state index in [9.17, 15) is 18.0 Å². The first-order chi connectivity index (χ1) is 11.1. The molecule has 10 heteroatoms. The number of H-pyrrole nitrogens is 2.